The third-order valence-corrected chi connectivity index (χ3v) is 4.22. The van der Waals surface area contributed by atoms with Gasteiger partial charge in [-0.2, -0.15) is 0 Å². The van der Waals surface area contributed by atoms with Gasteiger partial charge >= 0.3 is 18.0 Å². The summed E-state index contributed by atoms with van der Waals surface area (Å²) in [4.78, 5) is 36.7. The number of esters is 2. The molecule has 0 aliphatic heterocycles. The third kappa shape index (κ3) is 5.75. The van der Waals surface area contributed by atoms with Crippen LogP contribution in [0.4, 0.5) is 4.79 Å². The molecule has 8 nitrogen and oxygen atoms in total. The molecule has 1 atom stereocenters. The standard InChI is InChI=1S/C22H30N2O6/c1-7-28-19(25)16-10-9-15-11-18(20(26)29-8-2)24(17(15)12-16)14(3)13-23-21(27)30-22(4,5)6/h9-12,14H,7-8,13H2,1-6H3,(H,23,27)/t14-/m1/s1. The molecule has 1 heterocycles. The van der Waals surface area contributed by atoms with Gasteiger partial charge in [0.2, 0.25) is 0 Å². The second-order valence-electron chi connectivity index (χ2n) is 7.85. The average molecular weight is 418 g/mol. The van der Waals surface area contributed by atoms with Gasteiger partial charge < -0.3 is 24.1 Å². The first-order valence-electron chi connectivity index (χ1n) is 10.0. The molecule has 8 heteroatoms. The summed E-state index contributed by atoms with van der Waals surface area (Å²) >= 11 is 0. The van der Waals surface area contributed by atoms with Crippen LogP contribution < -0.4 is 5.32 Å². The molecule has 1 aromatic heterocycles. The molecule has 0 spiro atoms. The quantitative estimate of drug-likeness (QED) is 0.538. The van der Waals surface area contributed by atoms with E-state index < -0.39 is 23.6 Å². The van der Waals surface area contributed by atoms with Crippen molar-refractivity contribution < 1.29 is 28.6 Å². The fourth-order valence-corrected chi connectivity index (χ4v) is 3.04. The smallest absolute Gasteiger partial charge is 0.407 e. The van der Waals surface area contributed by atoms with E-state index >= 15 is 0 Å². The number of hydrogen-bond donors (Lipinski definition) is 1. The van der Waals surface area contributed by atoms with E-state index in [0.717, 1.165) is 5.39 Å². The van der Waals surface area contributed by atoms with Gasteiger partial charge in [0.05, 0.1) is 18.8 Å². The molecule has 0 bridgehead atoms. The maximum atomic E-state index is 12.5. The highest BCUT2D eigenvalue weighted by molar-refractivity contribution is 5.99. The van der Waals surface area contributed by atoms with E-state index in [-0.39, 0.29) is 25.8 Å². The summed E-state index contributed by atoms with van der Waals surface area (Å²) in [6, 6.07) is 6.50. The van der Waals surface area contributed by atoms with Crippen LogP contribution in [0, 0.1) is 0 Å². The zero-order chi connectivity index (χ0) is 22.5. The highest BCUT2D eigenvalue weighted by atomic mass is 16.6. The van der Waals surface area contributed by atoms with Crippen molar-refractivity contribution in [1.29, 1.82) is 0 Å². The highest BCUT2D eigenvalue weighted by Crippen LogP contribution is 2.26. The lowest BCUT2D eigenvalue weighted by Crippen LogP contribution is -2.35. The predicted molar refractivity (Wildman–Crippen MR) is 113 cm³/mol. The summed E-state index contributed by atoms with van der Waals surface area (Å²) in [6.07, 6.45) is -0.546. The number of aromatic nitrogens is 1. The van der Waals surface area contributed by atoms with Crippen LogP contribution in [0.3, 0.4) is 0 Å². The Morgan fingerprint density at radius 2 is 1.67 bits per heavy atom. The first kappa shape index (κ1) is 23.3. The number of hydrogen-bond acceptors (Lipinski definition) is 6. The van der Waals surface area contributed by atoms with Gasteiger partial charge in [-0.15, -0.1) is 0 Å². The molecular weight excluding hydrogens is 388 g/mol. The summed E-state index contributed by atoms with van der Waals surface area (Å²) in [6.45, 7) is 11.4. The first-order valence-corrected chi connectivity index (χ1v) is 10.0. The second-order valence-corrected chi connectivity index (χ2v) is 7.85. The number of alkyl carbamates (subject to hydrolysis) is 1. The molecule has 0 saturated carbocycles. The van der Waals surface area contributed by atoms with Crippen molar-refractivity contribution in [2.45, 2.75) is 53.2 Å². The molecule has 1 aromatic carbocycles. The Morgan fingerprint density at radius 1 is 1.03 bits per heavy atom. The molecule has 1 amide bonds. The van der Waals surface area contributed by atoms with E-state index in [4.69, 9.17) is 14.2 Å². The van der Waals surface area contributed by atoms with Crippen molar-refractivity contribution in [2.24, 2.45) is 0 Å². The fraction of sp³-hybridized carbons (Fsp3) is 0.500. The number of carbonyl (C=O) groups is 3. The van der Waals surface area contributed by atoms with Crippen LogP contribution in [-0.4, -0.2) is 48.0 Å². The normalized spacial score (nSPS) is 12.3. The monoisotopic (exact) mass is 418 g/mol. The topological polar surface area (TPSA) is 95.9 Å². The van der Waals surface area contributed by atoms with E-state index in [1.54, 1.807) is 63.5 Å². The van der Waals surface area contributed by atoms with Crippen molar-refractivity contribution in [3.63, 3.8) is 0 Å². The SMILES string of the molecule is CCOC(=O)c1ccc2cc(C(=O)OCC)n([C@H](C)CNC(=O)OC(C)(C)C)c2c1. The highest BCUT2D eigenvalue weighted by Gasteiger charge is 2.23. The molecule has 2 rings (SSSR count). The van der Waals surface area contributed by atoms with Gasteiger partial charge in [-0.05, 0) is 59.7 Å². The third-order valence-electron chi connectivity index (χ3n) is 4.22. The molecule has 1 N–H and O–H groups in total. The summed E-state index contributed by atoms with van der Waals surface area (Å²) in [5.74, 6) is -0.917. The fourth-order valence-electron chi connectivity index (χ4n) is 3.04. The largest absolute Gasteiger partial charge is 0.462 e. The molecule has 0 saturated heterocycles. The second kappa shape index (κ2) is 9.65. The number of ether oxygens (including phenoxy) is 3. The maximum Gasteiger partial charge on any atom is 0.407 e. The van der Waals surface area contributed by atoms with Crippen molar-refractivity contribution in [3.8, 4) is 0 Å². The minimum atomic E-state index is -0.613. The number of amides is 1. The summed E-state index contributed by atoms with van der Waals surface area (Å²) in [7, 11) is 0. The Morgan fingerprint density at radius 3 is 2.27 bits per heavy atom. The van der Waals surface area contributed by atoms with Crippen molar-refractivity contribution in [1.82, 2.24) is 9.88 Å². The molecule has 164 valence electrons. The van der Waals surface area contributed by atoms with Crippen LogP contribution in [-0.2, 0) is 14.2 Å². The molecule has 0 aliphatic carbocycles. The minimum Gasteiger partial charge on any atom is -0.462 e. The Balaban J connectivity index is 2.40. The zero-order valence-electron chi connectivity index (χ0n) is 18.4. The number of carbonyl (C=O) groups excluding carboxylic acids is 3. The van der Waals surface area contributed by atoms with E-state index in [9.17, 15) is 14.4 Å². The van der Waals surface area contributed by atoms with Crippen molar-refractivity contribution >= 4 is 28.9 Å². The van der Waals surface area contributed by atoms with Gasteiger partial charge in [0, 0.05) is 23.5 Å². The zero-order valence-corrected chi connectivity index (χ0v) is 18.4. The van der Waals surface area contributed by atoms with Crippen LogP contribution >= 0.6 is 0 Å². The van der Waals surface area contributed by atoms with Crippen molar-refractivity contribution in [3.05, 3.63) is 35.5 Å². The molecule has 0 fully saturated rings. The van der Waals surface area contributed by atoms with Gasteiger partial charge in [-0.3, -0.25) is 0 Å². The molecule has 2 aromatic rings. The molecule has 30 heavy (non-hydrogen) atoms. The van der Waals surface area contributed by atoms with Gasteiger partial charge in [-0.25, -0.2) is 14.4 Å². The first-order chi connectivity index (χ1) is 14.1. The number of fused-ring (bicyclic) bond motifs is 1. The summed E-state index contributed by atoms with van der Waals surface area (Å²) < 4.78 is 17.3. The lowest BCUT2D eigenvalue weighted by atomic mass is 10.1. The van der Waals surface area contributed by atoms with Crippen LogP contribution in [0.5, 0.6) is 0 Å². The van der Waals surface area contributed by atoms with E-state index in [1.807, 2.05) is 6.92 Å². The Kier molecular flexibility index (Phi) is 7.48. The summed E-state index contributed by atoms with van der Waals surface area (Å²) in [5, 5.41) is 3.50. The number of nitrogens with one attached hydrogen (secondary N) is 1. The molecule has 0 unspecified atom stereocenters. The van der Waals surface area contributed by atoms with Crippen LogP contribution in [0.2, 0.25) is 0 Å². The van der Waals surface area contributed by atoms with Crippen LogP contribution in [0.25, 0.3) is 10.9 Å². The van der Waals surface area contributed by atoms with E-state index in [2.05, 4.69) is 5.32 Å². The van der Waals surface area contributed by atoms with Crippen LogP contribution in [0.1, 0.15) is 68.4 Å². The summed E-state index contributed by atoms with van der Waals surface area (Å²) in [5.41, 5.74) is 0.776. The Labute approximate surface area is 176 Å². The minimum absolute atomic E-state index is 0.217. The Bertz CT molecular complexity index is 926. The van der Waals surface area contributed by atoms with E-state index in [1.165, 1.54) is 0 Å². The molecule has 0 aliphatic rings. The maximum absolute atomic E-state index is 12.5. The Hall–Kier alpha value is -3.03. The van der Waals surface area contributed by atoms with Gasteiger partial charge in [-0.1, -0.05) is 6.07 Å². The molecule has 0 radical (unpaired) electrons. The number of rotatable bonds is 7. The average Bonchev–Trinajstić information content (AvgIpc) is 3.04. The van der Waals surface area contributed by atoms with E-state index in [0.29, 0.717) is 16.8 Å². The molecular formula is C22H30N2O6. The number of benzene rings is 1. The lowest BCUT2D eigenvalue weighted by molar-refractivity contribution is 0.0505. The predicted octanol–water partition coefficient (Wildman–Crippen LogP) is 4.08. The van der Waals surface area contributed by atoms with Gasteiger partial charge in [0.1, 0.15) is 11.3 Å². The number of nitrogens with zero attached hydrogens (tertiary/aromatic N) is 1. The van der Waals surface area contributed by atoms with Gasteiger partial charge in [0.25, 0.3) is 0 Å². The lowest BCUT2D eigenvalue weighted by Gasteiger charge is -2.22. The van der Waals surface area contributed by atoms with Crippen LogP contribution in [0.15, 0.2) is 24.3 Å². The van der Waals surface area contributed by atoms with Crippen molar-refractivity contribution in [2.75, 3.05) is 19.8 Å². The van der Waals surface area contributed by atoms with Gasteiger partial charge in [0.15, 0.2) is 0 Å².